The standard InChI is InChI=1S/C12H25N3O2S/c1-11-5-3-4-10-15(11)18(16,17)14-12(2)6-8-13-9-7-12/h11,13-14H,3-10H2,1-2H3. The Morgan fingerprint density at radius 2 is 1.94 bits per heavy atom. The van der Waals surface area contributed by atoms with E-state index >= 15 is 0 Å². The molecule has 2 aliphatic rings. The predicted octanol–water partition coefficient (Wildman–Crippen LogP) is 0.837. The highest BCUT2D eigenvalue weighted by molar-refractivity contribution is 7.87. The predicted molar refractivity (Wildman–Crippen MR) is 72.6 cm³/mol. The molecule has 1 atom stereocenters. The molecule has 0 aromatic heterocycles. The number of rotatable bonds is 3. The molecule has 2 aliphatic heterocycles. The minimum atomic E-state index is -3.34. The van der Waals surface area contributed by atoms with Crippen LogP contribution in [-0.2, 0) is 10.2 Å². The van der Waals surface area contributed by atoms with Crippen molar-refractivity contribution in [3.05, 3.63) is 0 Å². The zero-order chi connectivity index (χ0) is 13.2. The maximum absolute atomic E-state index is 12.5. The second kappa shape index (κ2) is 5.45. The van der Waals surface area contributed by atoms with E-state index in [1.54, 1.807) is 4.31 Å². The van der Waals surface area contributed by atoms with Gasteiger partial charge in [0.05, 0.1) is 0 Å². The minimum Gasteiger partial charge on any atom is -0.317 e. The van der Waals surface area contributed by atoms with Crippen molar-refractivity contribution in [2.24, 2.45) is 0 Å². The molecular formula is C12H25N3O2S. The van der Waals surface area contributed by atoms with Crippen LogP contribution in [0.4, 0.5) is 0 Å². The molecule has 2 rings (SSSR count). The first kappa shape index (κ1) is 14.2. The van der Waals surface area contributed by atoms with Crippen molar-refractivity contribution < 1.29 is 8.42 Å². The maximum atomic E-state index is 12.5. The highest BCUT2D eigenvalue weighted by Gasteiger charge is 2.36. The SMILES string of the molecule is CC1CCCCN1S(=O)(=O)NC1(C)CCNCC1. The number of piperidine rings is 2. The molecule has 0 radical (unpaired) electrons. The summed E-state index contributed by atoms with van der Waals surface area (Å²) in [5.74, 6) is 0. The number of nitrogens with one attached hydrogen (secondary N) is 2. The van der Waals surface area contributed by atoms with Crippen LogP contribution in [0.3, 0.4) is 0 Å². The second-order valence-electron chi connectivity index (χ2n) is 5.87. The molecule has 2 fully saturated rings. The third kappa shape index (κ3) is 3.23. The van der Waals surface area contributed by atoms with E-state index in [4.69, 9.17) is 0 Å². The largest absolute Gasteiger partial charge is 0.317 e. The van der Waals surface area contributed by atoms with Gasteiger partial charge in [-0.1, -0.05) is 6.42 Å². The lowest BCUT2D eigenvalue weighted by molar-refractivity contribution is 0.248. The van der Waals surface area contributed by atoms with Crippen LogP contribution in [0.25, 0.3) is 0 Å². The first-order chi connectivity index (χ1) is 8.43. The molecule has 0 aromatic carbocycles. The zero-order valence-corrected chi connectivity index (χ0v) is 12.2. The molecule has 0 amide bonds. The summed E-state index contributed by atoms with van der Waals surface area (Å²) in [5, 5.41) is 3.27. The van der Waals surface area contributed by atoms with Gasteiger partial charge in [0.2, 0.25) is 0 Å². The Balaban J connectivity index is 2.06. The summed E-state index contributed by atoms with van der Waals surface area (Å²) in [6, 6.07) is 0.126. The summed E-state index contributed by atoms with van der Waals surface area (Å²) < 4.78 is 29.5. The lowest BCUT2D eigenvalue weighted by Gasteiger charge is -2.39. The fourth-order valence-electron chi connectivity index (χ4n) is 2.88. The van der Waals surface area contributed by atoms with E-state index in [1.165, 1.54) is 0 Å². The summed E-state index contributed by atoms with van der Waals surface area (Å²) >= 11 is 0. The molecule has 0 spiro atoms. The van der Waals surface area contributed by atoms with Crippen molar-refractivity contribution >= 4 is 10.2 Å². The lowest BCUT2D eigenvalue weighted by Crippen LogP contribution is -2.57. The van der Waals surface area contributed by atoms with Crippen molar-refractivity contribution in [3.8, 4) is 0 Å². The maximum Gasteiger partial charge on any atom is 0.280 e. The topological polar surface area (TPSA) is 61.4 Å². The van der Waals surface area contributed by atoms with E-state index in [0.717, 1.165) is 45.2 Å². The molecule has 1 unspecified atom stereocenters. The van der Waals surface area contributed by atoms with Crippen LogP contribution < -0.4 is 10.0 Å². The fraction of sp³-hybridized carbons (Fsp3) is 1.00. The number of hydrogen-bond acceptors (Lipinski definition) is 3. The normalized spacial score (nSPS) is 30.2. The van der Waals surface area contributed by atoms with E-state index in [0.29, 0.717) is 6.54 Å². The van der Waals surface area contributed by atoms with E-state index in [9.17, 15) is 8.42 Å². The van der Waals surface area contributed by atoms with Crippen LogP contribution in [0.1, 0.15) is 46.0 Å². The van der Waals surface area contributed by atoms with Gasteiger partial charge in [0.1, 0.15) is 0 Å². The summed E-state index contributed by atoms with van der Waals surface area (Å²) in [7, 11) is -3.34. The molecule has 106 valence electrons. The van der Waals surface area contributed by atoms with Crippen molar-refractivity contribution in [2.45, 2.75) is 57.5 Å². The van der Waals surface area contributed by atoms with Crippen LogP contribution in [0, 0.1) is 0 Å². The monoisotopic (exact) mass is 275 g/mol. The van der Waals surface area contributed by atoms with E-state index < -0.39 is 10.2 Å². The molecular weight excluding hydrogens is 250 g/mol. The van der Waals surface area contributed by atoms with Crippen molar-refractivity contribution in [2.75, 3.05) is 19.6 Å². The minimum absolute atomic E-state index is 0.126. The van der Waals surface area contributed by atoms with Gasteiger partial charge in [0.15, 0.2) is 0 Å². The Bertz CT molecular complexity index is 377. The van der Waals surface area contributed by atoms with Crippen molar-refractivity contribution in [1.29, 1.82) is 0 Å². The lowest BCUT2D eigenvalue weighted by atomic mass is 9.92. The quantitative estimate of drug-likeness (QED) is 0.802. The highest BCUT2D eigenvalue weighted by Crippen LogP contribution is 2.23. The van der Waals surface area contributed by atoms with Crippen LogP contribution in [0.2, 0.25) is 0 Å². The van der Waals surface area contributed by atoms with Crippen molar-refractivity contribution in [3.63, 3.8) is 0 Å². The van der Waals surface area contributed by atoms with E-state index in [2.05, 4.69) is 10.0 Å². The number of hydrogen-bond donors (Lipinski definition) is 2. The molecule has 0 bridgehead atoms. The molecule has 18 heavy (non-hydrogen) atoms. The van der Waals surface area contributed by atoms with Crippen LogP contribution >= 0.6 is 0 Å². The van der Waals surface area contributed by atoms with E-state index in [1.807, 2.05) is 13.8 Å². The van der Waals surface area contributed by atoms with Gasteiger partial charge >= 0.3 is 0 Å². The Morgan fingerprint density at radius 1 is 1.28 bits per heavy atom. The number of nitrogens with zero attached hydrogens (tertiary/aromatic N) is 1. The Morgan fingerprint density at radius 3 is 2.56 bits per heavy atom. The van der Waals surface area contributed by atoms with Gasteiger partial charge < -0.3 is 5.32 Å². The molecule has 2 heterocycles. The van der Waals surface area contributed by atoms with E-state index in [-0.39, 0.29) is 11.6 Å². The van der Waals surface area contributed by atoms with Crippen LogP contribution in [0.15, 0.2) is 0 Å². The highest BCUT2D eigenvalue weighted by atomic mass is 32.2. The average Bonchev–Trinajstić information content (AvgIpc) is 2.28. The van der Waals surface area contributed by atoms with Gasteiger partial charge in [-0.05, 0) is 52.6 Å². The third-order valence-corrected chi connectivity index (χ3v) is 6.04. The summed E-state index contributed by atoms with van der Waals surface area (Å²) in [4.78, 5) is 0. The molecule has 0 aliphatic carbocycles. The fourth-order valence-corrected chi connectivity index (χ4v) is 4.77. The van der Waals surface area contributed by atoms with Gasteiger partial charge in [0.25, 0.3) is 10.2 Å². The molecule has 5 nitrogen and oxygen atoms in total. The summed E-state index contributed by atoms with van der Waals surface area (Å²) in [6.07, 6.45) is 4.79. The first-order valence-corrected chi connectivity index (χ1v) is 8.38. The average molecular weight is 275 g/mol. The molecule has 2 saturated heterocycles. The summed E-state index contributed by atoms with van der Waals surface area (Å²) in [5.41, 5.74) is -0.290. The van der Waals surface area contributed by atoms with Crippen molar-refractivity contribution in [1.82, 2.24) is 14.3 Å². The second-order valence-corrected chi connectivity index (χ2v) is 7.50. The van der Waals surface area contributed by atoms with Gasteiger partial charge in [-0.25, -0.2) is 0 Å². The molecule has 0 saturated carbocycles. The van der Waals surface area contributed by atoms with Gasteiger partial charge in [-0.15, -0.1) is 0 Å². The molecule has 0 aromatic rings. The van der Waals surface area contributed by atoms with Crippen LogP contribution in [0.5, 0.6) is 0 Å². The summed E-state index contributed by atoms with van der Waals surface area (Å²) in [6.45, 7) is 6.44. The Labute approximate surface area is 110 Å². The van der Waals surface area contributed by atoms with Gasteiger partial charge in [-0.2, -0.15) is 17.4 Å². The Hall–Kier alpha value is -0.170. The van der Waals surface area contributed by atoms with Gasteiger partial charge in [-0.3, -0.25) is 0 Å². The zero-order valence-electron chi connectivity index (χ0n) is 11.4. The van der Waals surface area contributed by atoms with Crippen LogP contribution in [-0.4, -0.2) is 43.9 Å². The molecule has 6 heteroatoms. The first-order valence-electron chi connectivity index (χ1n) is 6.94. The molecule has 2 N–H and O–H groups in total. The van der Waals surface area contributed by atoms with Gasteiger partial charge in [0, 0.05) is 18.1 Å². The smallest absolute Gasteiger partial charge is 0.280 e. The third-order valence-electron chi connectivity index (χ3n) is 4.13. The Kier molecular flexibility index (Phi) is 4.31.